The maximum Gasteiger partial charge on any atom is 0.328 e. The van der Waals surface area contributed by atoms with Gasteiger partial charge in [0.15, 0.2) is 0 Å². The van der Waals surface area contributed by atoms with Crippen LogP contribution in [0.15, 0.2) is 24.3 Å². The first kappa shape index (κ1) is 15.1. The first-order valence-electron chi connectivity index (χ1n) is 7.95. The van der Waals surface area contributed by atoms with E-state index in [0.29, 0.717) is 6.42 Å². The summed E-state index contributed by atoms with van der Waals surface area (Å²) < 4.78 is 4.90. The van der Waals surface area contributed by atoms with Crippen LogP contribution in [-0.4, -0.2) is 36.0 Å². The van der Waals surface area contributed by atoms with Gasteiger partial charge < -0.3 is 9.64 Å². The zero-order valence-corrected chi connectivity index (χ0v) is 13.5. The lowest BCUT2D eigenvalue weighted by Crippen LogP contribution is -2.51. The molecule has 1 aromatic carbocycles. The number of piperidine rings is 1. The van der Waals surface area contributed by atoms with E-state index in [2.05, 4.69) is 0 Å². The van der Waals surface area contributed by atoms with Gasteiger partial charge in [-0.05, 0) is 45.1 Å². The van der Waals surface area contributed by atoms with Gasteiger partial charge in [-0.25, -0.2) is 4.79 Å². The Morgan fingerprint density at radius 3 is 2.59 bits per heavy atom. The van der Waals surface area contributed by atoms with Gasteiger partial charge in [-0.3, -0.25) is 4.79 Å². The normalized spacial score (nSPS) is 31.0. The molecule has 3 rings (SSSR count). The molecular weight excluding hydrogens is 278 g/mol. The van der Waals surface area contributed by atoms with Gasteiger partial charge in [0.1, 0.15) is 6.04 Å². The number of nitrogens with zero attached hydrogens (tertiary/aromatic N) is 1. The highest BCUT2D eigenvalue weighted by Gasteiger charge is 2.54. The Bertz CT molecular complexity index is 595. The monoisotopic (exact) mass is 301 g/mol. The van der Waals surface area contributed by atoms with Crippen LogP contribution in [0.5, 0.6) is 0 Å². The first-order valence-corrected chi connectivity index (χ1v) is 7.95. The van der Waals surface area contributed by atoms with E-state index in [-0.39, 0.29) is 17.9 Å². The minimum Gasteiger partial charge on any atom is -0.467 e. The number of hydrogen-bond donors (Lipinski definition) is 0. The third-order valence-electron chi connectivity index (χ3n) is 5.26. The average Bonchev–Trinajstić information content (AvgIpc) is 2.79. The summed E-state index contributed by atoms with van der Waals surface area (Å²) in [7, 11) is 1.39. The number of esters is 1. The molecule has 0 spiro atoms. The van der Waals surface area contributed by atoms with Gasteiger partial charge in [0, 0.05) is 6.04 Å². The Balaban J connectivity index is 1.95. The summed E-state index contributed by atoms with van der Waals surface area (Å²) in [5, 5.41) is 0. The maximum absolute atomic E-state index is 13.1. The van der Waals surface area contributed by atoms with Crippen LogP contribution in [0.1, 0.15) is 43.7 Å². The molecule has 118 valence electrons. The molecule has 0 N–H and O–H groups in total. The lowest BCUT2D eigenvalue weighted by Gasteiger charge is -2.36. The van der Waals surface area contributed by atoms with Crippen LogP contribution < -0.4 is 0 Å². The molecule has 0 bridgehead atoms. The molecule has 2 aliphatic rings. The quantitative estimate of drug-likeness (QED) is 0.789. The molecule has 2 aliphatic heterocycles. The molecule has 2 fully saturated rings. The summed E-state index contributed by atoms with van der Waals surface area (Å²) in [5.41, 5.74) is 1.69. The highest BCUT2D eigenvalue weighted by Crippen LogP contribution is 2.44. The highest BCUT2D eigenvalue weighted by molar-refractivity contribution is 5.94. The SMILES string of the molecule is COC(=O)C1CCCC2CC(C)(c3ccc(C)cc3)C(=O)N21. The molecule has 0 saturated carbocycles. The number of benzene rings is 1. The van der Waals surface area contributed by atoms with Crippen molar-refractivity contribution < 1.29 is 14.3 Å². The smallest absolute Gasteiger partial charge is 0.328 e. The lowest BCUT2D eigenvalue weighted by molar-refractivity contribution is -0.155. The fraction of sp³-hybridized carbons (Fsp3) is 0.556. The average molecular weight is 301 g/mol. The topological polar surface area (TPSA) is 46.6 Å². The molecule has 2 heterocycles. The summed E-state index contributed by atoms with van der Waals surface area (Å²) in [6, 6.07) is 7.91. The predicted octanol–water partition coefficient (Wildman–Crippen LogP) is 2.58. The Morgan fingerprint density at radius 2 is 1.95 bits per heavy atom. The number of carbonyl (C=O) groups is 2. The maximum atomic E-state index is 13.1. The summed E-state index contributed by atoms with van der Waals surface area (Å²) in [6.45, 7) is 4.05. The molecule has 0 radical (unpaired) electrons. The van der Waals surface area contributed by atoms with Crippen molar-refractivity contribution in [1.29, 1.82) is 0 Å². The molecule has 22 heavy (non-hydrogen) atoms. The van der Waals surface area contributed by atoms with Crippen LogP contribution in [0.25, 0.3) is 0 Å². The van der Waals surface area contributed by atoms with Gasteiger partial charge in [-0.15, -0.1) is 0 Å². The number of carbonyl (C=O) groups excluding carboxylic acids is 2. The number of fused-ring (bicyclic) bond motifs is 1. The van der Waals surface area contributed by atoms with Gasteiger partial charge in [-0.1, -0.05) is 29.8 Å². The van der Waals surface area contributed by atoms with Gasteiger partial charge in [0.25, 0.3) is 0 Å². The summed E-state index contributed by atoms with van der Waals surface area (Å²) in [5.74, 6) is -0.220. The van der Waals surface area contributed by atoms with E-state index in [4.69, 9.17) is 4.74 Å². The standard InChI is InChI=1S/C18H23NO3/c1-12-7-9-13(10-8-12)18(2)11-14-5-4-6-15(16(20)22-3)19(14)17(18)21/h7-10,14-15H,4-6,11H2,1-3H3. The second-order valence-electron chi connectivity index (χ2n) is 6.74. The van der Waals surface area contributed by atoms with Crippen molar-refractivity contribution in [2.45, 2.75) is 57.0 Å². The fourth-order valence-corrected chi connectivity index (χ4v) is 3.96. The van der Waals surface area contributed by atoms with Crippen LogP contribution >= 0.6 is 0 Å². The second kappa shape index (κ2) is 5.41. The van der Waals surface area contributed by atoms with Crippen LogP contribution in [0.3, 0.4) is 0 Å². The van der Waals surface area contributed by atoms with E-state index in [1.165, 1.54) is 12.7 Å². The Morgan fingerprint density at radius 1 is 1.27 bits per heavy atom. The number of aryl methyl sites for hydroxylation is 1. The minimum atomic E-state index is -0.533. The Hall–Kier alpha value is -1.84. The third-order valence-corrected chi connectivity index (χ3v) is 5.26. The zero-order chi connectivity index (χ0) is 15.9. The molecule has 2 saturated heterocycles. The van der Waals surface area contributed by atoms with E-state index in [9.17, 15) is 9.59 Å². The summed E-state index contributed by atoms with van der Waals surface area (Å²) >= 11 is 0. The summed E-state index contributed by atoms with van der Waals surface area (Å²) in [4.78, 5) is 26.9. The van der Waals surface area contributed by atoms with Crippen LogP contribution in [0.2, 0.25) is 0 Å². The van der Waals surface area contributed by atoms with Crippen molar-refractivity contribution in [3.05, 3.63) is 35.4 Å². The second-order valence-corrected chi connectivity index (χ2v) is 6.74. The van der Waals surface area contributed by atoms with E-state index >= 15 is 0 Å². The Labute approximate surface area is 131 Å². The zero-order valence-electron chi connectivity index (χ0n) is 13.5. The van der Waals surface area contributed by atoms with Crippen LogP contribution in [0, 0.1) is 6.92 Å². The van der Waals surface area contributed by atoms with Gasteiger partial charge >= 0.3 is 5.97 Å². The number of rotatable bonds is 2. The van der Waals surface area contributed by atoms with Gasteiger partial charge in [0.2, 0.25) is 5.91 Å². The molecule has 1 aromatic rings. The first-order chi connectivity index (χ1) is 10.5. The molecular formula is C18H23NO3. The number of amides is 1. The largest absolute Gasteiger partial charge is 0.467 e. The van der Waals surface area contributed by atoms with E-state index in [1.807, 2.05) is 38.1 Å². The van der Waals surface area contributed by atoms with E-state index in [0.717, 1.165) is 24.8 Å². The van der Waals surface area contributed by atoms with Gasteiger partial charge in [0.05, 0.1) is 12.5 Å². The Kier molecular flexibility index (Phi) is 3.71. The molecule has 4 nitrogen and oxygen atoms in total. The van der Waals surface area contributed by atoms with Crippen molar-refractivity contribution in [3.63, 3.8) is 0 Å². The molecule has 0 aromatic heterocycles. The van der Waals surface area contributed by atoms with Gasteiger partial charge in [-0.2, -0.15) is 0 Å². The van der Waals surface area contributed by atoms with Crippen molar-refractivity contribution in [2.24, 2.45) is 0 Å². The predicted molar refractivity (Wildman–Crippen MR) is 83.4 cm³/mol. The van der Waals surface area contributed by atoms with Crippen molar-refractivity contribution >= 4 is 11.9 Å². The van der Waals surface area contributed by atoms with Crippen molar-refractivity contribution in [1.82, 2.24) is 4.90 Å². The minimum absolute atomic E-state index is 0.0662. The molecule has 4 heteroatoms. The molecule has 0 aliphatic carbocycles. The molecule has 1 amide bonds. The van der Waals surface area contributed by atoms with E-state index < -0.39 is 11.5 Å². The molecule has 3 unspecified atom stereocenters. The van der Waals surface area contributed by atoms with Crippen molar-refractivity contribution in [3.8, 4) is 0 Å². The van der Waals surface area contributed by atoms with Crippen molar-refractivity contribution in [2.75, 3.05) is 7.11 Å². The lowest BCUT2D eigenvalue weighted by atomic mass is 9.79. The fourth-order valence-electron chi connectivity index (χ4n) is 3.96. The van der Waals surface area contributed by atoms with E-state index in [1.54, 1.807) is 4.90 Å². The highest BCUT2D eigenvalue weighted by atomic mass is 16.5. The third kappa shape index (κ3) is 2.21. The number of ether oxygens (including phenoxy) is 1. The van der Waals surface area contributed by atoms with Crippen LogP contribution in [0.4, 0.5) is 0 Å². The summed E-state index contributed by atoms with van der Waals surface area (Å²) in [6.07, 6.45) is 3.43. The number of methoxy groups -OCH3 is 1. The van der Waals surface area contributed by atoms with Crippen LogP contribution in [-0.2, 0) is 19.7 Å². The molecule has 3 atom stereocenters. The number of hydrogen-bond acceptors (Lipinski definition) is 3.